The molecule has 2 heterocycles. The normalized spacial score (nSPS) is 18.2. The first kappa shape index (κ1) is 25.4. The average Bonchev–Trinajstić information content (AvgIpc) is 2.77. The lowest BCUT2D eigenvalue weighted by atomic mass is 9.94. The van der Waals surface area contributed by atoms with Crippen molar-refractivity contribution >= 4 is 41.0 Å². The van der Waals surface area contributed by atoms with Gasteiger partial charge in [0.05, 0.1) is 10.0 Å². The summed E-state index contributed by atoms with van der Waals surface area (Å²) < 4.78 is 0. The lowest BCUT2D eigenvalue weighted by Gasteiger charge is -2.38. The first-order valence-electron chi connectivity index (χ1n) is 10.3. The maximum absolute atomic E-state index is 12.8. The predicted molar refractivity (Wildman–Crippen MR) is 118 cm³/mol. The monoisotopic (exact) mass is 473 g/mol. The van der Waals surface area contributed by atoms with Crippen LogP contribution < -0.4 is 0 Å². The van der Waals surface area contributed by atoms with E-state index in [1.165, 1.54) is 5.56 Å². The summed E-state index contributed by atoms with van der Waals surface area (Å²) in [6, 6.07) is 5.82. The molecule has 1 amide bonds. The van der Waals surface area contributed by atoms with E-state index < -0.39 is 11.9 Å². The number of carboxylic acids is 2. The van der Waals surface area contributed by atoms with E-state index in [1.807, 2.05) is 18.2 Å². The SMILES string of the molecule is CCN1CCN(C(=O)C2CCN(Cc3ccc(Cl)c(Cl)c3)CC2)CC1.O=C(O)C(=O)O. The molecule has 8 nitrogen and oxygen atoms in total. The van der Waals surface area contributed by atoms with E-state index in [4.69, 9.17) is 43.0 Å². The highest BCUT2D eigenvalue weighted by molar-refractivity contribution is 6.42. The Kier molecular flexibility index (Phi) is 10.0. The Morgan fingerprint density at radius 1 is 0.903 bits per heavy atom. The van der Waals surface area contributed by atoms with Crippen molar-refractivity contribution in [1.29, 1.82) is 0 Å². The Balaban J connectivity index is 0.000000501. The topological polar surface area (TPSA) is 101 Å². The zero-order chi connectivity index (χ0) is 23.0. The summed E-state index contributed by atoms with van der Waals surface area (Å²) in [5, 5.41) is 16.0. The molecule has 1 aromatic rings. The van der Waals surface area contributed by atoms with E-state index in [1.54, 1.807) is 0 Å². The second-order valence-electron chi connectivity index (χ2n) is 7.67. The fourth-order valence-corrected chi connectivity index (χ4v) is 4.10. The van der Waals surface area contributed by atoms with Crippen LogP contribution in [-0.4, -0.2) is 88.6 Å². The molecule has 3 rings (SSSR count). The molecule has 0 aliphatic carbocycles. The molecule has 1 aromatic carbocycles. The van der Waals surface area contributed by atoms with Gasteiger partial charge in [0.1, 0.15) is 0 Å². The molecule has 0 saturated carbocycles. The number of halogens is 2. The van der Waals surface area contributed by atoms with Gasteiger partial charge in [-0.05, 0) is 50.2 Å². The summed E-state index contributed by atoms with van der Waals surface area (Å²) >= 11 is 12.1. The van der Waals surface area contributed by atoms with Crippen molar-refractivity contribution in [2.45, 2.75) is 26.3 Å². The maximum atomic E-state index is 12.8. The second kappa shape index (κ2) is 12.2. The number of hydrogen-bond donors (Lipinski definition) is 2. The van der Waals surface area contributed by atoms with Gasteiger partial charge in [-0.2, -0.15) is 0 Å². The summed E-state index contributed by atoms with van der Waals surface area (Å²) in [6.45, 7) is 9.85. The van der Waals surface area contributed by atoms with E-state index in [-0.39, 0.29) is 5.92 Å². The van der Waals surface area contributed by atoms with Crippen LogP contribution in [0.25, 0.3) is 0 Å². The summed E-state index contributed by atoms with van der Waals surface area (Å²) in [5.41, 5.74) is 1.18. The molecule has 2 fully saturated rings. The van der Waals surface area contributed by atoms with E-state index in [0.717, 1.165) is 65.2 Å². The van der Waals surface area contributed by atoms with Gasteiger partial charge in [-0.15, -0.1) is 0 Å². The number of aliphatic carboxylic acids is 2. The van der Waals surface area contributed by atoms with Crippen LogP contribution in [-0.2, 0) is 20.9 Å². The van der Waals surface area contributed by atoms with Gasteiger partial charge in [0.15, 0.2) is 0 Å². The first-order chi connectivity index (χ1) is 14.7. The number of likely N-dealkylation sites (tertiary alicyclic amines) is 1. The summed E-state index contributed by atoms with van der Waals surface area (Å²) in [5.74, 6) is -3.09. The molecule has 2 saturated heterocycles. The number of carboxylic acid groups (broad SMARTS) is 2. The molecule has 172 valence electrons. The van der Waals surface area contributed by atoms with Crippen molar-refractivity contribution in [2.75, 3.05) is 45.8 Å². The van der Waals surface area contributed by atoms with Crippen LogP contribution in [0.15, 0.2) is 18.2 Å². The highest BCUT2D eigenvalue weighted by atomic mass is 35.5. The quantitative estimate of drug-likeness (QED) is 0.647. The van der Waals surface area contributed by atoms with E-state index in [0.29, 0.717) is 16.0 Å². The van der Waals surface area contributed by atoms with Crippen LogP contribution in [0.5, 0.6) is 0 Å². The third-order valence-electron chi connectivity index (χ3n) is 5.64. The number of carbonyl (C=O) groups is 3. The Labute approximate surface area is 192 Å². The molecule has 2 N–H and O–H groups in total. The number of rotatable bonds is 4. The van der Waals surface area contributed by atoms with E-state index in [9.17, 15) is 4.79 Å². The molecule has 0 bridgehead atoms. The molecular weight excluding hydrogens is 445 g/mol. The van der Waals surface area contributed by atoms with Crippen LogP contribution in [0.2, 0.25) is 10.0 Å². The Morgan fingerprint density at radius 2 is 1.48 bits per heavy atom. The van der Waals surface area contributed by atoms with Gasteiger partial charge < -0.3 is 20.0 Å². The lowest BCUT2D eigenvalue weighted by molar-refractivity contribution is -0.159. The van der Waals surface area contributed by atoms with Crippen molar-refractivity contribution < 1.29 is 24.6 Å². The van der Waals surface area contributed by atoms with Crippen molar-refractivity contribution in [3.8, 4) is 0 Å². The zero-order valence-electron chi connectivity index (χ0n) is 17.6. The van der Waals surface area contributed by atoms with Gasteiger partial charge >= 0.3 is 11.9 Å². The number of hydrogen-bond acceptors (Lipinski definition) is 5. The van der Waals surface area contributed by atoms with Gasteiger partial charge in [-0.1, -0.05) is 36.2 Å². The minimum atomic E-state index is -1.82. The minimum Gasteiger partial charge on any atom is -0.473 e. The van der Waals surface area contributed by atoms with Crippen molar-refractivity contribution in [2.24, 2.45) is 5.92 Å². The number of benzene rings is 1. The predicted octanol–water partition coefficient (Wildman–Crippen LogP) is 2.53. The Bertz CT molecular complexity index is 764. The van der Waals surface area contributed by atoms with Gasteiger partial charge in [-0.3, -0.25) is 9.69 Å². The summed E-state index contributed by atoms with van der Waals surface area (Å²) in [4.78, 5) is 37.8. The molecule has 0 aromatic heterocycles. The molecule has 0 radical (unpaired) electrons. The summed E-state index contributed by atoms with van der Waals surface area (Å²) in [6.07, 6.45) is 1.91. The zero-order valence-corrected chi connectivity index (χ0v) is 19.1. The number of piperidine rings is 1. The molecule has 31 heavy (non-hydrogen) atoms. The smallest absolute Gasteiger partial charge is 0.414 e. The lowest BCUT2D eigenvalue weighted by Crippen LogP contribution is -2.51. The van der Waals surface area contributed by atoms with E-state index in [2.05, 4.69) is 21.6 Å². The number of likely N-dealkylation sites (N-methyl/N-ethyl adjacent to an activating group) is 1. The molecule has 0 unspecified atom stereocenters. The highest BCUT2D eigenvalue weighted by Crippen LogP contribution is 2.25. The third-order valence-corrected chi connectivity index (χ3v) is 6.38. The standard InChI is InChI=1S/C19H27Cl2N3O.C2H2O4/c1-2-22-9-11-24(12-10-22)19(25)16-5-7-23(8-6-16)14-15-3-4-17(20)18(21)13-15;3-1(4)2(5)6/h3-4,13,16H,2,5-12,14H2,1H3;(H,3,4)(H,5,6). The van der Waals surface area contributed by atoms with Gasteiger partial charge in [0.2, 0.25) is 5.91 Å². The fraction of sp³-hybridized carbons (Fsp3) is 0.571. The van der Waals surface area contributed by atoms with Gasteiger partial charge in [-0.25, -0.2) is 9.59 Å². The second-order valence-corrected chi connectivity index (χ2v) is 8.48. The van der Waals surface area contributed by atoms with Crippen molar-refractivity contribution in [1.82, 2.24) is 14.7 Å². The highest BCUT2D eigenvalue weighted by Gasteiger charge is 2.30. The third kappa shape index (κ3) is 7.96. The van der Waals surface area contributed by atoms with Crippen LogP contribution in [0.3, 0.4) is 0 Å². The Hall–Kier alpha value is -1.87. The number of nitrogens with zero attached hydrogens (tertiary/aromatic N) is 3. The number of carbonyl (C=O) groups excluding carboxylic acids is 1. The largest absolute Gasteiger partial charge is 0.473 e. The molecule has 10 heteroatoms. The molecule has 2 aliphatic heterocycles. The maximum Gasteiger partial charge on any atom is 0.414 e. The average molecular weight is 474 g/mol. The number of amides is 1. The number of piperazine rings is 1. The molecule has 0 atom stereocenters. The summed E-state index contributed by atoms with van der Waals surface area (Å²) in [7, 11) is 0. The fourth-order valence-electron chi connectivity index (χ4n) is 3.78. The van der Waals surface area contributed by atoms with Crippen LogP contribution >= 0.6 is 23.2 Å². The molecular formula is C21H29Cl2N3O5. The Morgan fingerprint density at radius 3 is 1.97 bits per heavy atom. The van der Waals surface area contributed by atoms with Crippen LogP contribution in [0, 0.1) is 5.92 Å². The van der Waals surface area contributed by atoms with Gasteiger partial charge in [0.25, 0.3) is 0 Å². The minimum absolute atomic E-state index is 0.193. The van der Waals surface area contributed by atoms with E-state index >= 15 is 0 Å². The molecule has 2 aliphatic rings. The molecule has 0 spiro atoms. The van der Waals surface area contributed by atoms with Crippen molar-refractivity contribution in [3.63, 3.8) is 0 Å². The van der Waals surface area contributed by atoms with Gasteiger partial charge in [0, 0.05) is 38.6 Å². The van der Waals surface area contributed by atoms with Crippen molar-refractivity contribution in [3.05, 3.63) is 33.8 Å². The van der Waals surface area contributed by atoms with Crippen LogP contribution in [0.4, 0.5) is 0 Å². The van der Waals surface area contributed by atoms with Crippen LogP contribution in [0.1, 0.15) is 25.3 Å². The first-order valence-corrected chi connectivity index (χ1v) is 11.1.